The largest absolute Gasteiger partial charge is 0.481 e. The van der Waals surface area contributed by atoms with E-state index in [0.717, 1.165) is 30.1 Å². The molecule has 24 heavy (non-hydrogen) atoms. The minimum absolute atomic E-state index is 0.203. The average Bonchev–Trinajstić information content (AvgIpc) is 2.88. The standard InChI is InChI=1S/C19H24N2O3/c1-12-8-13(2)10-16(9-12)18-20-17(14(3)24-18)11-21-6-4-15(5-7-21)19(22)23/h8-10,15H,4-7,11H2,1-3H3,(H,22,23). The van der Waals surface area contributed by atoms with Gasteiger partial charge in [-0.15, -0.1) is 0 Å². The van der Waals surface area contributed by atoms with Crippen LogP contribution < -0.4 is 0 Å². The first-order valence-corrected chi connectivity index (χ1v) is 8.42. The molecule has 128 valence electrons. The Kier molecular flexibility index (Phi) is 4.71. The Hall–Kier alpha value is -2.14. The number of aromatic nitrogens is 1. The molecule has 0 saturated carbocycles. The molecule has 1 aliphatic rings. The minimum atomic E-state index is -0.677. The van der Waals surface area contributed by atoms with Crippen LogP contribution in [0.2, 0.25) is 0 Å². The van der Waals surface area contributed by atoms with E-state index in [1.807, 2.05) is 6.92 Å². The molecule has 0 atom stereocenters. The third kappa shape index (κ3) is 3.67. The number of benzene rings is 1. The number of aryl methyl sites for hydroxylation is 3. The Balaban J connectivity index is 1.72. The number of carboxylic acid groups (broad SMARTS) is 1. The van der Waals surface area contributed by atoms with E-state index in [-0.39, 0.29) is 5.92 Å². The molecule has 0 unspecified atom stereocenters. The number of carboxylic acids is 1. The van der Waals surface area contributed by atoms with Crippen LogP contribution in [0.15, 0.2) is 22.6 Å². The zero-order valence-electron chi connectivity index (χ0n) is 14.5. The van der Waals surface area contributed by atoms with E-state index in [1.54, 1.807) is 0 Å². The molecule has 0 aliphatic carbocycles. The van der Waals surface area contributed by atoms with Crippen molar-refractivity contribution in [1.29, 1.82) is 0 Å². The lowest BCUT2D eigenvalue weighted by atomic mass is 9.97. The van der Waals surface area contributed by atoms with E-state index >= 15 is 0 Å². The predicted octanol–water partition coefficient (Wildman–Crippen LogP) is 3.56. The number of hydrogen-bond donors (Lipinski definition) is 1. The number of hydrogen-bond acceptors (Lipinski definition) is 4. The average molecular weight is 328 g/mol. The highest BCUT2D eigenvalue weighted by Gasteiger charge is 2.25. The number of aliphatic carboxylic acids is 1. The summed E-state index contributed by atoms with van der Waals surface area (Å²) in [4.78, 5) is 18.0. The van der Waals surface area contributed by atoms with E-state index in [0.29, 0.717) is 25.3 Å². The van der Waals surface area contributed by atoms with Crippen LogP contribution >= 0.6 is 0 Å². The normalized spacial score (nSPS) is 16.5. The van der Waals surface area contributed by atoms with Crippen LogP contribution in [-0.4, -0.2) is 34.0 Å². The Morgan fingerprint density at radius 2 is 1.83 bits per heavy atom. The molecule has 1 N–H and O–H groups in total. The van der Waals surface area contributed by atoms with Crippen molar-refractivity contribution in [3.05, 3.63) is 40.8 Å². The fourth-order valence-electron chi connectivity index (χ4n) is 3.35. The smallest absolute Gasteiger partial charge is 0.306 e. The summed E-state index contributed by atoms with van der Waals surface area (Å²) in [7, 11) is 0. The second-order valence-electron chi connectivity index (χ2n) is 6.79. The summed E-state index contributed by atoms with van der Waals surface area (Å²) in [5.41, 5.74) is 4.33. The molecule has 0 radical (unpaired) electrons. The first-order valence-electron chi connectivity index (χ1n) is 8.42. The summed E-state index contributed by atoms with van der Waals surface area (Å²) in [5, 5.41) is 9.09. The summed E-state index contributed by atoms with van der Waals surface area (Å²) < 4.78 is 5.88. The second kappa shape index (κ2) is 6.77. The second-order valence-corrected chi connectivity index (χ2v) is 6.79. The number of nitrogens with zero attached hydrogens (tertiary/aromatic N) is 2. The number of oxazole rings is 1. The monoisotopic (exact) mass is 328 g/mol. The van der Waals surface area contributed by atoms with Crippen molar-refractivity contribution < 1.29 is 14.3 Å². The molecule has 1 aromatic carbocycles. The molecule has 0 amide bonds. The Morgan fingerprint density at radius 3 is 2.42 bits per heavy atom. The molecular formula is C19H24N2O3. The highest BCUT2D eigenvalue weighted by molar-refractivity contribution is 5.70. The third-order valence-corrected chi connectivity index (χ3v) is 4.67. The Morgan fingerprint density at radius 1 is 1.21 bits per heavy atom. The summed E-state index contributed by atoms with van der Waals surface area (Å²) in [5.74, 6) is 0.620. The third-order valence-electron chi connectivity index (χ3n) is 4.67. The minimum Gasteiger partial charge on any atom is -0.481 e. The van der Waals surface area contributed by atoms with Gasteiger partial charge in [-0.3, -0.25) is 9.69 Å². The number of carbonyl (C=O) groups is 1. The number of likely N-dealkylation sites (tertiary alicyclic amines) is 1. The molecule has 2 heterocycles. The van der Waals surface area contributed by atoms with Crippen molar-refractivity contribution in [2.75, 3.05) is 13.1 Å². The fraction of sp³-hybridized carbons (Fsp3) is 0.474. The SMILES string of the molecule is Cc1cc(C)cc(-c2nc(CN3CCC(C(=O)O)CC3)c(C)o2)c1. The van der Waals surface area contributed by atoms with Gasteiger partial charge in [0.2, 0.25) is 5.89 Å². The summed E-state index contributed by atoms with van der Waals surface area (Å²) in [6.45, 7) is 8.38. The van der Waals surface area contributed by atoms with Gasteiger partial charge in [0, 0.05) is 12.1 Å². The highest BCUT2D eigenvalue weighted by Crippen LogP contribution is 2.26. The zero-order chi connectivity index (χ0) is 17.3. The fourth-order valence-corrected chi connectivity index (χ4v) is 3.35. The lowest BCUT2D eigenvalue weighted by molar-refractivity contribution is -0.143. The highest BCUT2D eigenvalue weighted by atomic mass is 16.4. The molecule has 3 rings (SSSR count). The Bertz CT molecular complexity index is 723. The van der Waals surface area contributed by atoms with Crippen molar-refractivity contribution >= 4 is 5.97 Å². The van der Waals surface area contributed by atoms with Crippen molar-refractivity contribution in [3.8, 4) is 11.5 Å². The van der Waals surface area contributed by atoms with Crippen LogP contribution in [0.4, 0.5) is 0 Å². The van der Waals surface area contributed by atoms with E-state index in [4.69, 9.17) is 9.52 Å². The van der Waals surface area contributed by atoms with Gasteiger partial charge in [0.05, 0.1) is 11.6 Å². The molecular weight excluding hydrogens is 304 g/mol. The maximum Gasteiger partial charge on any atom is 0.306 e. The predicted molar refractivity (Wildman–Crippen MR) is 91.8 cm³/mol. The van der Waals surface area contributed by atoms with Crippen molar-refractivity contribution in [3.63, 3.8) is 0 Å². The molecule has 2 aromatic rings. The first-order chi connectivity index (χ1) is 11.4. The van der Waals surface area contributed by atoms with Gasteiger partial charge in [-0.05, 0) is 58.8 Å². The van der Waals surface area contributed by atoms with Gasteiger partial charge in [0.1, 0.15) is 5.76 Å². The van der Waals surface area contributed by atoms with Crippen LogP contribution in [0.3, 0.4) is 0 Å². The van der Waals surface area contributed by atoms with Gasteiger partial charge >= 0.3 is 5.97 Å². The van der Waals surface area contributed by atoms with E-state index in [1.165, 1.54) is 11.1 Å². The van der Waals surface area contributed by atoms with Gasteiger partial charge in [-0.2, -0.15) is 0 Å². The summed E-state index contributed by atoms with van der Waals surface area (Å²) in [6.07, 6.45) is 1.41. The summed E-state index contributed by atoms with van der Waals surface area (Å²) in [6, 6.07) is 6.30. The molecule has 1 saturated heterocycles. The quantitative estimate of drug-likeness (QED) is 0.929. The molecule has 1 aromatic heterocycles. The zero-order valence-corrected chi connectivity index (χ0v) is 14.5. The summed E-state index contributed by atoms with van der Waals surface area (Å²) >= 11 is 0. The van der Waals surface area contributed by atoms with E-state index in [2.05, 4.69) is 41.9 Å². The molecule has 1 aliphatic heterocycles. The molecule has 0 spiro atoms. The van der Waals surface area contributed by atoms with E-state index in [9.17, 15) is 4.79 Å². The maximum absolute atomic E-state index is 11.0. The maximum atomic E-state index is 11.0. The van der Waals surface area contributed by atoms with Gasteiger partial charge in [-0.1, -0.05) is 17.2 Å². The van der Waals surface area contributed by atoms with Crippen LogP contribution in [0.1, 0.15) is 35.4 Å². The molecule has 1 fully saturated rings. The van der Waals surface area contributed by atoms with Crippen molar-refractivity contribution in [2.45, 2.75) is 40.2 Å². The van der Waals surface area contributed by atoms with Crippen LogP contribution in [0.25, 0.3) is 11.5 Å². The number of piperidine rings is 1. The van der Waals surface area contributed by atoms with Gasteiger partial charge < -0.3 is 9.52 Å². The van der Waals surface area contributed by atoms with Crippen molar-refractivity contribution in [1.82, 2.24) is 9.88 Å². The van der Waals surface area contributed by atoms with Gasteiger partial charge in [0.15, 0.2) is 0 Å². The topological polar surface area (TPSA) is 66.6 Å². The number of rotatable bonds is 4. The van der Waals surface area contributed by atoms with Gasteiger partial charge in [-0.25, -0.2) is 4.98 Å². The van der Waals surface area contributed by atoms with Gasteiger partial charge in [0.25, 0.3) is 0 Å². The van der Waals surface area contributed by atoms with E-state index < -0.39 is 5.97 Å². The van der Waals surface area contributed by atoms with Crippen molar-refractivity contribution in [2.24, 2.45) is 5.92 Å². The lowest BCUT2D eigenvalue weighted by Gasteiger charge is -2.29. The van der Waals surface area contributed by atoms with Crippen LogP contribution in [-0.2, 0) is 11.3 Å². The molecule has 0 bridgehead atoms. The first kappa shape index (κ1) is 16.7. The molecule has 5 nitrogen and oxygen atoms in total. The Labute approximate surface area is 142 Å². The van der Waals surface area contributed by atoms with Crippen LogP contribution in [0.5, 0.6) is 0 Å². The molecule has 5 heteroatoms. The lowest BCUT2D eigenvalue weighted by Crippen LogP contribution is -2.36. The van der Waals surface area contributed by atoms with Crippen LogP contribution in [0, 0.1) is 26.7 Å².